The molecule has 0 bridgehead atoms. The summed E-state index contributed by atoms with van der Waals surface area (Å²) in [6, 6.07) is 0.238. The first-order valence-electron chi connectivity index (χ1n) is 5.48. The molecule has 1 aliphatic rings. The predicted molar refractivity (Wildman–Crippen MR) is 57.1 cm³/mol. The van der Waals surface area contributed by atoms with Crippen LogP contribution in [0.4, 0.5) is 4.79 Å². The fourth-order valence-electron chi connectivity index (χ4n) is 1.62. The van der Waals surface area contributed by atoms with Crippen molar-refractivity contribution in [3.8, 4) is 0 Å². The molecule has 1 unspecified atom stereocenters. The van der Waals surface area contributed by atoms with Crippen molar-refractivity contribution in [1.29, 1.82) is 0 Å². The summed E-state index contributed by atoms with van der Waals surface area (Å²) in [6.07, 6.45) is 4.38. The van der Waals surface area contributed by atoms with Gasteiger partial charge in [0.05, 0.1) is 0 Å². The lowest BCUT2D eigenvalue weighted by Gasteiger charge is -2.26. The highest BCUT2D eigenvalue weighted by atomic mass is 16.2. The van der Waals surface area contributed by atoms with Crippen LogP contribution < -0.4 is 11.1 Å². The van der Waals surface area contributed by atoms with Crippen LogP contribution in [0, 0.1) is 0 Å². The van der Waals surface area contributed by atoms with E-state index in [-0.39, 0.29) is 12.1 Å². The quantitative estimate of drug-likeness (QED) is 0.710. The minimum Gasteiger partial charge on any atom is -0.338 e. The summed E-state index contributed by atoms with van der Waals surface area (Å²) in [7, 11) is 0. The fourth-order valence-corrected chi connectivity index (χ4v) is 1.62. The number of urea groups is 1. The van der Waals surface area contributed by atoms with Crippen molar-refractivity contribution in [1.82, 2.24) is 10.2 Å². The van der Waals surface area contributed by atoms with Gasteiger partial charge in [0.2, 0.25) is 0 Å². The summed E-state index contributed by atoms with van der Waals surface area (Å²) in [5.41, 5.74) is 5.59. The van der Waals surface area contributed by atoms with Gasteiger partial charge in [0.25, 0.3) is 0 Å². The van der Waals surface area contributed by atoms with E-state index in [9.17, 15) is 4.79 Å². The average Bonchev–Trinajstić information content (AvgIpc) is 2.18. The van der Waals surface area contributed by atoms with Gasteiger partial charge in [0.15, 0.2) is 0 Å². The van der Waals surface area contributed by atoms with Crippen LogP contribution in [-0.2, 0) is 0 Å². The second-order valence-corrected chi connectivity index (χ2v) is 4.05. The lowest BCUT2D eigenvalue weighted by molar-refractivity contribution is 0.186. The predicted octanol–water partition coefficient (Wildman–Crippen LogP) is 0.919. The van der Waals surface area contributed by atoms with E-state index in [2.05, 4.69) is 5.32 Å². The Labute approximate surface area is 85.8 Å². The van der Waals surface area contributed by atoms with E-state index < -0.39 is 0 Å². The van der Waals surface area contributed by atoms with E-state index in [1.807, 2.05) is 11.8 Å². The molecule has 0 aromatic heterocycles. The van der Waals surface area contributed by atoms with Crippen molar-refractivity contribution >= 4 is 6.03 Å². The molecule has 1 atom stereocenters. The first kappa shape index (κ1) is 11.3. The van der Waals surface area contributed by atoms with Crippen LogP contribution in [0.25, 0.3) is 0 Å². The molecule has 3 N–H and O–H groups in total. The Morgan fingerprint density at radius 3 is 2.64 bits per heavy atom. The molecule has 2 amide bonds. The van der Waals surface area contributed by atoms with Gasteiger partial charge in [0, 0.05) is 25.7 Å². The molecule has 0 saturated carbocycles. The van der Waals surface area contributed by atoms with E-state index >= 15 is 0 Å². The molecule has 1 heterocycles. The number of likely N-dealkylation sites (tertiary alicyclic amines) is 1. The van der Waals surface area contributed by atoms with Crippen LogP contribution in [0.2, 0.25) is 0 Å². The lowest BCUT2D eigenvalue weighted by Crippen LogP contribution is -2.43. The van der Waals surface area contributed by atoms with Crippen LogP contribution in [0.5, 0.6) is 0 Å². The van der Waals surface area contributed by atoms with E-state index in [0.29, 0.717) is 6.54 Å². The summed E-state index contributed by atoms with van der Waals surface area (Å²) < 4.78 is 0. The summed E-state index contributed by atoms with van der Waals surface area (Å²) in [4.78, 5) is 13.4. The van der Waals surface area contributed by atoms with Crippen LogP contribution in [0.3, 0.4) is 0 Å². The lowest BCUT2D eigenvalue weighted by atomic mass is 10.1. The van der Waals surface area contributed by atoms with Crippen LogP contribution in [0.15, 0.2) is 0 Å². The smallest absolute Gasteiger partial charge is 0.317 e. The summed E-state index contributed by atoms with van der Waals surface area (Å²) in [6.45, 7) is 4.45. The van der Waals surface area contributed by atoms with Crippen molar-refractivity contribution in [2.75, 3.05) is 19.6 Å². The average molecular weight is 199 g/mol. The topological polar surface area (TPSA) is 58.4 Å². The summed E-state index contributed by atoms with van der Waals surface area (Å²) >= 11 is 0. The number of piperidine rings is 1. The van der Waals surface area contributed by atoms with E-state index in [1.54, 1.807) is 0 Å². The fraction of sp³-hybridized carbons (Fsp3) is 0.900. The number of carbonyl (C=O) groups is 1. The molecule has 4 heteroatoms. The highest BCUT2D eigenvalue weighted by molar-refractivity contribution is 5.74. The van der Waals surface area contributed by atoms with Gasteiger partial charge >= 0.3 is 6.03 Å². The Hall–Kier alpha value is -0.770. The molecule has 4 nitrogen and oxygen atoms in total. The summed E-state index contributed by atoms with van der Waals surface area (Å²) in [5.74, 6) is 0. The van der Waals surface area contributed by atoms with E-state index in [4.69, 9.17) is 5.73 Å². The van der Waals surface area contributed by atoms with Crippen LogP contribution in [-0.4, -0.2) is 36.6 Å². The minimum atomic E-state index is 0.0744. The number of nitrogens with zero attached hydrogens (tertiary/aromatic N) is 1. The summed E-state index contributed by atoms with van der Waals surface area (Å²) in [5, 5.41) is 2.89. The third-order valence-corrected chi connectivity index (χ3v) is 2.52. The number of nitrogens with one attached hydrogen (secondary N) is 1. The maximum absolute atomic E-state index is 11.6. The number of nitrogens with two attached hydrogens (primary N) is 1. The van der Waals surface area contributed by atoms with Gasteiger partial charge in [0.1, 0.15) is 0 Å². The minimum absolute atomic E-state index is 0.0744. The second-order valence-electron chi connectivity index (χ2n) is 4.05. The zero-order valence-corrected chi connectivity index (χ0v) is 8.96. The van der Waals surface area contributed by atoms with Crippen molar-refractivity contribution < 1.29 is 4.79 Å². The Balaban J connectivity index is 2.13. The molecular weight excluding hydrogens is 178 g/mol. The second kappa shape index (κ2) is 5.86. The third kappa shape index (κ3) is 3.96. The van der Waals surface area contributed by atoms with E-state index in [0.717, 1.165) is 32.4 Å². The zero-order valence-electron chi connectivity index (χ0n) is 8.96. The van der Waals surface area contributed by atoms with Crippen LogP contribution >= 0.6 is 0 Å². The van der Waals surface area contributed by atoms with Gasteiger partial charge in [-0.15, -0.1) is 0 Å². The number of rotatable bonds is 3. The van der Waals surface area contributed by atoms with Crippen molar-refractivity contribution in [2.24, 2.45) is 5.73 Å². The SMILES string of the molecule is CC(N)CCNC(=O)N1CCCCC1. The number of carbonyl (C=O) groups excluding carboxylic acids is 1. The van der Waals surface area contributed by atoms with Gasteiger partial charge in [-0.3, -0.25) is 0 Å². The number of hydrogen-bond donors (Lipinski definition) is 2. The molecule has 0 aromatic rings. The Morgan fingerprint density at radius 2 is 2.07 bits per heavy atom. The molecule has 0 radical (unpaired) electrons. The maximum atomic E-state index is 11.6. The van der Waals surface area contributed by atoms with Crippen LogP contribution in [0.1, 0.15) is 32.6 Å². The molecule has 0 aliphatic carbocycles. The molecule has 0 aromatic carbocycles. The molecule has 1 fully saturated rings. The van der Waals surface area contributed by atoms with Gasteiger partial charge in [-0.25, -0.2) is 4.79 Å². The maximum Gasteiger partial charge on any atom is 0.317 e. The molecule has 14 heavy (non-hydrogen) atoms. The van der Waals surface area contributed by atoms with Gasteiger partial charge < -0.3 is 16.0 Å². The largest absolute Gasteiger partial charge is 0.338 e. The molecule has 1 saturated heterocycles. The third-order valence-electron chi connectivity index (χ3n) is 2.52. The van der Waals surface area contributed by atoms with Crippen molar-refractivity contribution in [2.45, 2.75) is 38.6 Å². The highest BCUT2D eigenvalue weighted by Crippen LogP contribution is 2.08. The molecule has 82 valence electrons. The molecule has 1 aliphatic heterocycles. The number of amides is 2. The normalized spacial score (nSPS) is 19.1. The zero-order chi connectivity index (χ0) is 10.4. The Bertz CT molecular complexity index is 176. The first-order valence-corrected chi connectivity index (χ1v) is 5.48. The molecular formula is C10H21N3O. The highest BCUT2D eigenvalue weighted by Gasteiger charge is 2.15. The van der Waals surface area contributed by atoms with Gasteiger partial charge in [-0.05, 0) is 32.6 Å². The Morgan fingerprint density at radius 1 is 1.43 bits per heavy atom. The van der Waals surface area contributed by atoms with Crippen molar-refractivity contribution in [3.05, 3.63) is 0 Å². The van der Waals surface area contributed by atoms with Gasteiger partial charge in [-0.1, -0.05) is 0 Å². The monoisotopic (exact) mass is 199 g/mol. The Kier molecular flexibility index (Phi) is 4.73. The standard InChI is InChI=1S/C10H21N3O/c1-9(11)5-6-12-10(14)13-7-3-2-4-8-13/h9H,2-8,11H2,1H3,(H,12,14). The molecule has 0 spiro atoms. The van der Waals surface area contributed by atoms with E-state index in [1.165, 1.54) is 6.42 Å². The first-order chi connectivity index (χ1) is 6.70. The number of hydrogen-bond acceptors (Lipinski definition) is 2. The van der Waals surface area contributed by atoms with Gasteiger partial charge in [-0.2, -0.15) is 0 Å². The van der Waals surface area contributed by atoms with Crippen molar-refractivity contribution in [3.63, 3.8) is 0 Å². The molecule has 1 rings (SSSR count).